The van der Waals surface area contributed by atoms with Crippen molar-refractivity contribution in [1.82, 2.24) is 15.1 Å². The maximum absolute atomic E-state index is 3.58. The van der Waals surface area contributed by atoms with E-state index < -0.39 is 0 Å². The van der Waals surface area contributed by atoms with E-state index in [1.165, 1.54) is 55.8 Å². The predicted octanol–water partition coefficient (Wildman–Crippen LogP) is 2.03. The van der Waals surface area contributed by atoms with Crippen LogP contribution in [0.25, 0.3) is 0 Å². The number of rotatable bonds is 6. The normalized spacial score (nSPS) is 17.6. The van der Waals surface area contributed by atoms with Crippen LogP contribution in [0.2, 0.25) is 0 Å². The van der Waals surface area contributed by atoms with Crippen LogP contribution in [-0.4, -0.2) is 56.1 Å². The number of piperazine rings is 1. The quantitative estimate of drug-likeness (QED) is 0.802. The minimum absolute atomic E-state index is 0.996. The van der Waals surface area contributed by atoms with Gasteiger partial charge in [-0.1, -0.05) is 18.2 Å². The summed E-state index contributed by atoms with van der Waals surface area (Å²) in [6.07, 6.45) is 1.24. The number of nitrogens with zero attached hydrogens (tertiary/aromatic N) is 2. The molecule has 0 atom stereocenters. The Labute approximate surface area is 124 Å². The van der Waals surface area contributed by atoms with Gasteiger partial charge in [-0.3, -0.25) is 0 Å². The summed E-state index contributed by atoms with van der Waals surface area (Å²) in [5, 5.41) is 3.58. The smallest absolute Gasteiger partial charge is 0.0208 e. The second-order valence-electron chi connectivity index (χ2n) is 6.03. The number of benzene rings is 1. The van der Waals surface area contributed by atoms with E-state index >= 15 is 0 Å². The summed E-state index contributed by atoms with van der Waals surface area (Å²) in [7, 11) is 2.21. The molecule has 0 bridgehead atoms. The van der Waals surface area contributed by atoms with Gasteiger partial charge in [0.2, 0.25) is 0 Å². The van der Waals surface area contributed by atoms with Crippen LogP contribution in [0.4, 0.5) is 0 Å². The first-order valence-corrected chi connectivity index (χ1v) is 7.83. The van der Waals surface area contributed by atoms with E-state index in [1.807, 2.05) is 0 Å². The summed E-state index contributed by atoms with van der Waals surface area (Å²) in [6, 6.07) is 6.57. The van der Waals surface area contributed by atoms with Gasteiger partial charge in [0.05, 0.1) is 0 Å². The molecular formula is C17H29N3. The minimum Gasteiger partial charge on any atom is -0.313 e. The van der Waals surface area contributed by atoms with Crippen LogP contribution < -0.4 is 5.32 Å². The highest BCUT2D eigenvalue weighted by Gasteiger charge is 2.12. The van der Waals surface area contributed by atoms with Gasteiger partial charge in [-0.15, -0.1) is 0 Å². The maximum Gasteiger partial charge on any atom is 0.0208 e. The Morgan fingerprint density at radius 1 is 1.10 bits per heavy atom. The molecule has 1 saturated heterocycles. The first-order chi connectivity index (χ1) is 9.66. The first kappa shape index (κ1) is 15.5. The molecular weight excluding hydrogens is 246 g/mol. The molecule has 3 nitrogen and oxygen atoms in total. The summed E-state index contributed by atoms with van der Waals surface area (Å²) in [5.74, 6) is 0. The Morgan fingerprint density at radius 3 is 2.60 bits per heavy atom. The molecule has 0 aliphatic carbocycles. The molecule has 0 unspecified atom stereocenters. The number of nitrogens with one attached hydrogen (secondary N) is 1. The molecule has 0 radical (unpaired) electrons. The van der Waals surface area contributed by atoms with Gasteiger partial charge >= 0.3 is 0 Å². The molecule has 1 N–H and O–H groups in total. The zero-order chi connectivity index (χ0) is 14.4. The molecule has 1 aromatic carbocycles. The largest absolute Gasteiger partial charge is 0.313 e. The van der Waals surface area contributed by atoms with Crippen molar-refractivity contribution in [2.75, 3.05) is 46.3 Å². The van der Waals surface area contributed by atoms with Crippen LogP contribution in [0.5, 0.6) is 0 Å². The summed E-state index contributed by atoms with van der Waals surface area (Å²) in [6.45, 7) is 12.6. The Morgan fingerprint density at radius 2 is 1.85 bits per heavy atom. The Kier molecular flexibility index (Phi) is 6.02. The maximum atomic E-state index is 3.58. The number of hydrogen-bond acceptors (Lipinski definition) is 3. The van der Waals surface area contributed by atoms with Crippen molar-refractivity contribution < 1.29 is 0 Å². The van der Waals surface area contributed by atoms with Crippen molar-refractivity contribution in [2.45, 2.75) is 26.8 Å². The summed E-state index contributed by atoms with van der Waals surface area (Å²) in [4.78, 5) is 4.99. The molecule has 112 valence electrons. The van der Waals surface area contributed by atoms with Crippen molar-refractivity contribution in [1.29, 1.82) is 0 Å². The molecule has 1 fully saturated rings. The van der Waals surface area contributed by atoms with Crippen molar-refractivity contribution in [3.63, 3.8) is 0 Å². The van der Waals surface area contributed by atoms with Gasteiger partial charge in [-0.05, 0) is 57.1 Å². The van der Waals surface area contributed by atoms with Crippen LogP contribution in [0.1, 0.15) is 23.1 Å². The van der Waals surface area contributed by atoms with Gasteiger partial charge < -0.3 is 15.1 Å². The number of likely N-dealkylation sites (N-methyl/N-ethyl adjacent to an activating group) is 1. The second-order valence-corrected chi connectivity index (χ2v) is 6.03. The predicted molar refractivity (Wildman–Crippen MR) is 86.2 cm³/mol. The average Bonchev–Trinajstić information content (AvgIpc) is 2.45. The third-order valence-electron chi connectivity index (χ3n) is 4.46. The molecule has 0 amide bonds. The highest BCUT2D eigenvalue weighted by molar-refractivity contribution is 5.32. The van der Waals surface area contributed by atoms with Crippen molar-refractivity contribution in [2.24, 2.45) is 0 Å². The summed E-state index contributed by atoms with van der Waals surface area (Å²) in [5.41, 5.74) is 4.26. The zero-order valence-electron chi connectivity index (χ0n) is 13.3. The lowest BCUT2D eigenvalue weighted by Crippen LogP contribution is -2.45. The molecule has 1 heterocycles. The van der Waals surface area contributed by atoms with Gasteiger partial charge in [-0.25, -0.2) is 0 Å². The monoisotopic (exact) mass is 275 g/mol. The van der Waals surface area contributed by atoms with Crippen LogP contribution >= 0.6 is 0 Å². The van der Waals surface area contributed by atoms with Crippen LogP contribution in [-0.2, 0) is 6.54 Å². The molecule has 1 aliphatic heterocycles. The molecule has 2 rings (SSSR count). The number of aryl methyl sites for hydroxylation is 1. The summed E-state index contributed by atoms with van der Waals surface area (Å²) < 4.78 is 0. The van der Waals surface area contributed by atoms with Crippen LogP contribution in [0, 0.1) is 13.8 Å². The van der Waals surface area contributed by atoms with E-state index in [0.717, 1.165) is 13.1 Å². The van der Waals surface area contributed by atoms with E-state index in [4.69, 9.17) is 0 Å². The van der Waals surface area contributed by atoms with Crippen LogP contribution in [0.15, 0.2) is 18.2 Å². The SMILES string of the molecule is Cc1cccc(CNCCCN2CCN(C)CC2)c1C. The molecule has 1 aromatic rings. The third kappa shape index (κ3) is 4.58. The lowest BCUT2D eigenvalue weighted by atomic mass is 10.0. The van der Waals surface area contributed by atoms with E-state index in [2.05, 4.69) is 54.2 Å². The third-order valence-corrected chi connectivity index (χ3v) is 4.46. The standard InChI is InChI=1S/C17H29N3/c1-15-6-4-7-17(16(15)2)14-18-8-5-9-20-12-10-19(3)11-13-20/h4,6-7,18H,5,8-14H2,1-3H3. The molecule has 0 spiro atoms. The summed E-state index contributed by atoms with van der Waals surface area (Å²) >= 11 is 0. The Bertz CT molecular complexity index is 409. The average molecular weight is 275 g/mol. The van der Waals surface area contributed by atoms with Crippen molar-refractivity contribution in [3.05, 3.63) is 34.9 Å². The zero-order valence-corrected chi connectivity index (χ0v) is 13.3. The molecule has 1 aliphatic rings. The van der Waals surface area contributed by atoms with Gasteiger partial charge in [-0.2, -0.15) is 0 Å². The minimum atomic E-state index is 0.996. The Hall–Kier alpha value is -0.900. The molecule has 20 heavy (non-hydrogen) atoms. The lowest BCUT2D eigenvalue weighted by Gasteiger charge is -2.32. The van der Waals surface area contributed by atoms with Gasteiger partial charge in [0, 0.05) is 32.7 Å². The van der Waals surface area contributed by atoms with Crippen LogP contribution in [0.3, 0.4) is 0 Å². The molecule has 3 heteroatoms. The Balaban J connectivity index is 1.61. The fourth-order valence-electron chi connectivity index (χ4n) is 2.73. The van der Waals surface area contributed by atoms with E-state index in [1.54, 1.807) is 0 Å². The topological polar surface area (TPSA) is 18.5 Å². The lowest BCUT2D eigenvalue weighted by molar-refractivity contribution is 0.153. The second kappa shape index (κ2) is 7.77. The van der Waals surface area contributed by atoms with Crippen molar-refractivity contribution in [3.8, 4) is 0 Å². The fourth-order valence-corrected chi connectivity index (χ4v) is 2.73. The molecule has 0 aromatic heterocycles. The van der Waals surface area contributed by atoms with E-state index in [0.29, 0.717) is 0 Å². The molecule has 0 saturated carbocycles. The first-order valence-electron chi connectivity index (χ1n) is 7.83. The van der Waals surface area contributed by atoms with E-state index in [-0.39, 0.29) is 0 Å². The van der Waals surface area contributed by atoms with Gasteiger partial charge in [0.1, 0.15) is 0 Å². The number of hydrogen-bond donors (Lipinski definition) is 1. The highest BCUT2D eigenvalue weighted by atomic mass is 15.2. The fraction of sp³-hybridized carbons (Fsp3) is 0.647. The van der Waals surface area contributed by atoms with Crippen molar-refractivity contribution >= 4 is 0 Å². The van der Waals surface area contributed by atoms with Gasteiger partial charge in [0.15, 0.2) is 0 Å². The van der Waals surface area contributed by atoms with E-state index in [9.17, 15) is 0 Å². The van der Waals surface area contributed by atoms with Gasteiger partial charge in [0.25, 0.3) is 0 Å². The highest BCUT2D eigenvalue weighted by Crippen LogP contribution is 2.12.